The molecule has 2 aromatic heterocycles. The highest BCUT2D eigenvalue weighted by Gasteiger charge is 2.14. The fraction of sp³-hybridized carbons (Fsp3) is 0.0526. The van der Waals surface area contributed by atoms with Crippen LogP contribution in [0, 0.1) is 5.82 Å². The number of nitrogens with zero attached hydrogens (tertiary/aromatic N) is 3. The van der Waals surface area contributed by atoms with Crippen LogP contribution in [0.25, 0.3) is 17.0 Å². The van der Waals surface area contributed by atoms with Crippen molar-refractivity contribution in [3.63, 3.8) is 0 Å². The van der Waals surface area contributed by atoms with E-state index in [9.17, 15) is 4.39 Å². The average molecular weight is 353 g/mol. The van der Waals surface area contributed by atoms with Crippen LogP contribution in [-0.2, 0) is 6.54 Å². The van der Waals surface area contributed by atoms with Crippen molar-refractivity contribution in [2.45, 2.75) is 6.54 Å². The lowest BCUT2D eigenvalue weighted by Gasteiger charge is -2.09. The summed E-state index contributed by atoms with van der Waals surface area (Å²) in [7, 11) is 0. The van der Waals surface area contributed by atoms with Crippen molar-refractivity contribution in [2.75, 3.05) is 5.32 Å². The molecule has 0 radical (unpaired) electrons. The molecule has 0 amide bonds. The van der Waals surface area contributed by atoms with Crippen LogP contribution in [0.1, 0.15) is 5.56 Å². The van der Waals surface area contributed by atoms with Gasteiger partial charge in [-0.15, -0.1) is 0 Å². The Hall–Kier alpha value is -2.92. The molecule has 124 valence electrons. The molecule has 1 N–H and O–H groups in total. The van der Waals surface area contributed by atoms with Crippen molar-refractivity contribution in [1.82, 2.24) is 14.4 Å². The number of hydrogen-bond acceptors (Lipinski definition) is 3. The fourth-order valence-electron chi connectivity index (χ4n) is 2.65. The largest absolute Gasteiger partial charge is 0.365 e. The van der Waals surface area contributed by atoms with Gasteiger partial charge in [-0.1, -0.05) is 35.9 Å². The summed E-state index contributed by atoms with van der Waals surface area (Å²) in [5, 5.41) is 4.06. The Morgan fingerprint density at radius 2 is 1.80 bits per heavy atom. The van der Waals surface area contributed by atoms with Crippen molar-refractivity contribution in [2.24, 2.45) is 0 Å². The highest BCUT2D eigenvalue weighted by atomic mass is 35.5. The van der Waals surface area contributed by atoms with Gasteiger partial charge in [0.25, 0.3) is 0 Å². The number of benzene rings is 2. The fourth-order valence-corrected chi connectivity index (χ4v) is 2.78. The highest BCUT2D eigenvalue weighted by Crippen LogP contribution is 2.29. The van der Waals surface area contributed by atoms with E-state index in [2.05, 4.69) is 15.3 Å². The second-order valence-corrected chi connectivity index (χ2v) is 6.02. The molecule has 0 aliphatic rings. The van der Waals surface area contributed by atoms with Crippen molar-refractivity contribution in [1.29, 1.82) is 0 Å². The third kappa shape index (κ3) is 3.19. The Bertz CT molecular complexity index is 1010. The first-order valence-corrected chi connectivity index (χ1v) is 8.16. The van der Waals surface area contributed by atoms with E-state index in [-0.39, 0.29) is 5.82 Å². The Kier molecular flexibility index (Phi) is 4.07. The first-order valence-electron chi connectivity index (χ1n) is 7.78. The number of nitrogens with one attached hydrogen (secondary N) is 1. The van der Waals surface area contributed by atoms with Crippen LogP contribution in [0.4, 0.5) is 10.2 Å². The molecular formula is C19H14ClFN4. The van der Waals surface area contributed by atoms with E-state index in [1.165, 1.54) is 12.1 Å². The SMILES string of the molecule is Fc1ccc(CNc2c(-c3ccc(Cl)cc3)nc3ncccn23)cc1. The van der Waals surface area contributed by atoms with Crippen molar-refractivity contribution < 1.29 is 4.39 Å². The molecule has 0 fully saturated rings. The topological polar surface area (TPSA) is 42.2 Å². The van der Waals surface area contributed by atoms with Crippen LogP contribution in [0.3, 0.4) is 0 Å². The van der Waals surface area contributed by atoms with Gasteiger partial charge in [0.1, 0.15) is 17.3 Å². The molecule has 2 heterocycles. The summed E-state index contributed by atoms with van der Waals surface area (Å²) in [4.78, 5) is 8.93. The smallest absolute Gasteiger partial charge is 0.235 e. The Labute approximate surface area is 148 Å². The van der Waals surface area contributed by atoms with Crippen LogP contribution < -0.4 is 5.32 Å². The van der Waals surface area contributed by atoms with Crippen molar-refractivity contribution >= 4 is 23.2 Å². The zero-order valence-corrected chi connectivity index (χ0v) is 13.9. The summed E-state index contributed by atoms with van der Waals surface area (Å²) < 4.78 is 15.0. The maximum Gasteiger partial charge on any atom is 0.235 e. The second kappa shape index (κ2) is 6.53. The van der Waals surface area contributed by atoms with Crippen LogP contribution in [-0.4, -0.2) is 14.4 Å². The number of imidazole rings is 1. The van der Waals surface area contributed by atoms with Crippen LogP contribution >= 0.6 is 11.6 Å². The molecule has 2 aromatic carbocycles. The maximum absolute atomic E-state index is 13.1. The molecule has 0 saturated heterocycles. The van der Waals surface area contributed by atoms with Gasteiger partial charge >= 0.3 is 0 Å². The quantitative estimate of drug-likeness (QED) is 0.573. The molecule has 0 saturated carbocycles. The third-order valence-corrected chi connectivity index (χ3v) is 4.15. The van der Waals surface area contributed by atoms with Gasteiger partial charge in [0.15, 0.2) is 0 Å². The van der Waals surface area contributed by atoms with Gasteiger partial charge < -0.3 is 5.32 Å². The lowest BCUT2D eigenvalue weighted by atomic mass is 10.1. The van der Waals surface area contributed by atoms with Crippen molar-refractivity contribution in [3.05, 3.63) is 83.4 Å². The van der Waals surface area contributed by atoms with E-state index in [1.54, 1.807) is 18.3 Å². The monoisotopic (exact) mass is 352 g/mol. The summed E-state index contributed by atoms with van der Waals surface area (Å²) >= 11 is 5.99. The number of halogens is 2. The van der Waals surface area contributed by atoms with Gasteiger partial charge in [0.05, 0.1) is 0 Å². The van der Waals surface area contributed by atoms with Gasteiger partial charge in [-0.05, 0) is 35.9 Å². The minimum Gasteiger partial charge on any atom is -0.365 e. The minimum absolute atomic E-state index is 0.246. The van der Waals surface area contributed by atoms with E-state index < -0.39 is 0 Å². The zero-order chi connectivity index (χ0) is 17.2. The standard InChI is InChI=1S/C19H14ClFN4/c20-15-6-4-14(5-7-15)17-18(25-11-1-10-22-19(25)24-17)23-12-13-2-8-16(21)9-3-13/h1-11,23H,12H2. The van der Waals surface area contributed by atoms with E-state index in [1.807, 2.05) is 40.9 Å². The molecule has 0 bridgehead atoms. The van der Waals surface area contributed by atoms with Crippen LogP contribution in [0.15, 0.2) is 67.0 Å². The number of rotatable bonds is 4. The average Bonchev–Trinajstić information content (AvgIpc) is 3.00. The molecule has 0 aliphatic heterocycles. The van der Waals surface area contributed by atoms with Gasteiger partial charge in [-0.2, -0.15) is 0 Å². The normalized spacial score (nSPS) is 11.0. The Morgan fingerprint density at radius 1 is 1.04 bits per heavy atom. The molecule has 25 heavy (non-hydrogen) atoms. The summed E-state index contributed by atoms with van der Waals surface area (Å²) in [6.07, 6.45) is 3.61. The molecule has 6 heteroatoms. The van der Waals surface area contributed by atoms with Gasteiger partial charge in [0, 0.05) is 29.5 Å². The minimum atomic E-state index is -0.246. The Balaban J connectivity index is 1.73. The van der Waals surface area contributed by atoms with Gasteiger partial charge in [-0.25, -0.2) is 14.4 Å². The van der Waals surface area contributed by atoms with E-state index in [0.29, 0.717) is 17.3 Å². The molecule has 0 aliphatic carbocycles. The van der Waals surface area contributed by atoms with Crippen LogP contribution in [0.5, 0.6) is 0 Å². The highest BCUT2D eigenvalue weighted by molar-refractivity contribution is 6.30. The second-order valence-electron chi connectivity index (χ2n) is 5.59. The summed E-state index contributed by atoms with van der Waals surface area (Å²) in [5.41, 5.74) is 2.70. The number of aromatic nitrogens is 3. The molecule has 4 rings (SSSR count). The summed E-state index contributed by atoms with van der Waals surface area (Å²) in [6.45, 7) is 0.545. The molecule has 4 nitrogen and oxygen atoms in total. The lowest BCUT2D eigenvalue weighted by Crippen LogP contribution is -2.03. The van der Waals surface area contributed by atoms with Gasteiger partial charge in [-0.3, -0.25) is 4.40 Å². The van der Waals surface area contributed by atoms with E-state index >= 15 is 0 Å². The zero-order valence-electron chi connectivity index (χ0n) is 13.2. The van der Waals surface area contributed by atoms with Crippen LogP contribution in [0.2, 0.25) is 5.02 Å². The molecule has 0 atom stereocenters. The maximum atomic E-state index is 13.1. The molecule has 4 aromatic rings. The first-order chi connectivity index (χ1) is 12.2. The Morgan fingerprint density at radius 3 is 2.56 bits per heavy atom. The molecule has 0 spiro atoms. The molecular weight excluding hydrogens is 339 g/mol. The van der Waals surface area contributed by atoms with Gasteiger partial charge in [0.2, 0.25) is 5.78 Å². The first kappa shape index (κ1) is 15.6. The molecule has 0 unspecified atom stereocenters. The summed E-state index contributed by atoms with van der Waals surface area (Å²) in [5.74, 6) is 1.19. The van der Waals surface area contributed by atoms with E-state index in [4.69, 9.17) is 11.6 Å². The summed E-state index contributed by atoms with van der Waals surface area (Å²) in [6, 6.07) is 15.8. The predicted molar refractivity (Wildman–Crippen MR) is 97.2 cm³/mol. The number of hydrogen-bond donors (Lipinski definition) is 1. The van der Waals surface area contributed by atoms with Crippen molar-refractivity contribution in [3.8, 4) is 11.3 Å². The lowest BCUT2D eigenvalue weighted by molar-refractivity contribution is 0.627. The third-order valence-electron chi connectivity index (χ3n) is 3.89. The number of fused-ring (bicyclic) bond motifs is 1. The number of anilines is 1. The predicted octanol–water partition coefficient (Wildman–Crippen LogP) is 4.80. The van der Waals surface area contributed by atoms with E-state index in [0.717, 1.165) is 22.6 Å².